The van der Waals surface area contributed by atoms with Crippen LogP contribution in [0.2, 0.25) is 0 Å². The van der Waals surface area contributed by atoms with Crippen LogP contribution in [0.5, 0.6) is 0 Å². The number of ether oxygens (including phenoxy) is 1. The molecule has 4 aliphatic rings. The molecule has 4 fully saturated rings. The Balaban J connectivity index is 1.28. The molecule has 0 spiro atoms. The molecule has 0 amide bonds. The first-order chi connectivity index (χ1) is 15.0. The van der Waals surface area contributed by atoms with Crippen LogP contribution in [0, 0.1) is 64.1 Å². The molecule has 0 bridgehead atoms. The van der Waals surface area contributed by atoms with Crippen molar-refractivity contribution in [3.05, 3.63) is 18.0 Å². The zero-order valence-corrected chi connectivity index (χ0v) is 19.8. The van der Waals surface area contributed by atoms with Crippen LogP contribution in [-0.4, -0.2) is 23.5 Å². The van der Waals surface area contributed by atoms with E-state index >= 15 is 0 Å². The lowest BCUT2D eigenvalue weighted by Crippen LogP contribution is -2.49. The highest BCUT2D eigenvalue weighted by molar-refractivity contribution is 5.18. The third-order valence-electron chi connectivity index (χ3n) is 10.5. The molecule has 3 unspecified atom stereocenters. The quantitative estimate of drug-likeness (QED) is 0.590. The lowest BCUT2D eigenvalue weighted by molar-refractivity contribution is -0.0778. The van der Waals surface area contributed by atoms with Crippen LogP contribution in [0.1, 0.15) is 77.3 Å². The summed E-state index contributed by atoms with van der Waals surface area (Å²) in [4.78, 5) is 0. The molecule has 0 radical (unpaired) electrons. The number of aromatic nitrogens is 2. The second-order valence-electron chi connectivity index (χ2n) is 11.8. The lowest BCUT2D eigenvalue weighted by atomic mass is 9.49. The van der Waals surface area contributed by atoms with E-state index in [-0.39, 0.29) is 0 Å². The van der Waals surface area contributed by atoms with Gasteiger partial charge in [-0.3, -0.25) is 4.68 Å². The van der Waals surface area contributed by atoms with Crippen LogP contribution < -0.4 is 0 Å². The van der Waals surface area contributed by atoms with Crippen molar-refractivity contribution >= 4 is 0 Å². The first-order valence-corrected chi connectivity index (χ1v) is 13.0. The van der Waals surface area contributed by atoms with E-state index in [0.29, 0.717) is 17.0 Å². The van der Waals surface area contributed by atoms with E-state index in [1.807, 2.05) is 17.9 Å². The maximum absolute atomic E-state index is 9.38. The summed E-state index contributed by atoms with van der Waals surface area (Å²) in [5.74, 6) is 7.01. The van der Waals surface area contributed by atoms with E-state index in [2.05, 4.69) is 25.0 Å². The number of methoxy groups -OCH3 is 1. The summed E-state index contributed by atoms with van der Waals surface area (Å²) in [6, 6.07) is 4.15. The van der Waals surface area contributed by atoms with Crippen molar-refractivity contribution < 1.29 is 4.74 Å². The molecule has 4 nitrogen and oxygen atoms in total. The van der Waals surface area contributed by atoms with Crippen molar-refractivity contribution in [1.82, 2.24) is 9.78 Å². The molecule has 1 aromatic heterocycles. The van der Waals surface area contributed by atoms with Crippen molar-refractivity contribution in [1.29, 1.82) is 5.26 Å². The number of hydrogen-bond acceptors (Lipinski definition) is 3. The molecule has 0 N–H and O–H groups in total. The highest BCUT2D eigenvalue weighted by atomic mass is 16.5. The second-order valence-corrected chi connectivity index (χ2v) is 11.8. The number of hydrogen-bond donors (Lipinski definition) is 0. The van der Waals surface area contributed by atoms with E-state index in [4.69, 9.17) is 4.74 Å². The fourth-order valence-corrected chi connectivity index (χ4v) is 9.29. The Morgan fingerprint density at radius 2 is 2.00 bits per heavy atom. The molecule has 0 aliphatic heterocycles. The van der Waals surface area contributed by atoms with E-state index in [1.54, 1.807) is 6.20 Å². The number of nitriles is 1. The first-order valence-electron chi connectivity index (χ1n) is 13.0. The minimum atomic E-state index is 0.487. The zero-order valence-electron chi connectivity index (χ0n) is 19.8. The summed E-state index contributed by atoms with van der Waals surface area (Å²) in [5.41, 5.74) is 1.19. The van der Waals surface area contributed by atoms with Gasteiger partial charge in [0.05, 0.1) is 6.20 Å². The predicted molar refractivity (Wildman–Crippen MR) is 122 cm³/mol. The Kier molecular flexibility index (Phi) is 5.93. The van der Waals surface area contributed by atoms with Gasteiger partial charge in [0, 0.05) is 20.3 Å². The Morgan fingerprint density at radius 1 is 1.16 bits per heavy atom. The van der Waals surface area contributed by atoms with Gasteiger partial charge in [0.15, 0.2) is 0 Å². The van der Waals surface area contributed by atoms with Crippen LogP contribution in [0.4, 0.5) is 0 Å². The van der Waals surface area contributed by atoms with E-state index in [0.717, 1.165) is 54.6 Å². The van der Waals surface area contributed by atoms with Gasteiger partial charge in [-0.15, -0.1) is 0 Å². The maximum Gasteiger partial charge on any atom is 0.138 e. The molecule has 4 saturated carbocycles. The van der Waals surface area contributed by atoms with Gasteiger partial charge in [-0.1, -0.05) is 13.8 Å². The van der Waals surface area contributed by atoms with Gasteiger partial charge in [-0.05, 0) is 117 Å². The van der Waals surface area contributed by atoms with Gasteiger partial charge in [0.1, 0.15) is 11.8 Å². The van der Waals surface area contributed by atoms with Crippen LogP contribution in [0.3, 0.4) is 0 Å². The molecular weight excluding hydrogens is 382 g/mol. The number of nitrogens with zero attached hydrogens (tertiary/aromatic N) is 3. The fourth-order valence-electron chi connectivity index (χ4n) is 9.29. The first kappa shape index (κ1) is 21.5. The molecule has 4 aliphatic carbocycles. The van der Waals surface area contributed by atoms with Gasteiger partial charge < -0.3 is 4.74 Å². The second kappa shape index (κ2) is 8.54. The summed E-state index contributed by atoms with van der Waals surface area (Å²) in [6.45, 7) is 6.92. The fraction of sp³-hybridized carbons (Fsp3) is 0.852. The van der Waals surface area contributed by atoms with Gasteiger partial charge in [0.25, 0.3) is 0 Å². The largest absolute Gasteiger partial charge is 0.384 e. The van der Waals surface area contributed by atoms with Gasteiger partial charge in [0.2, 0.25) is 0 Å². The van der Waals surface area contributed by atoms with Crippen LogP contribution >= 0.6 is 0 Å². The maximum atomic E-state index is 9.38. The molecule has 0 saturated heterocycles. The Morgan fingerprint density at radius 3 is 2.81 bits per heavy atom. The van der Waals surface area contributed by atoms with Crippen LogP contribution in [0.15, 0.2) is 12.3 Å². The van der Waals surface area contributed by atoms with Crippen molar-refractivity contribution in [3.63, 3.8) is 0 Å². The highest BCUT2D eigenvalue weighted by Gasteiger charge is 2.57. The minimum Gasteiger partial charge on any atom is -0.384 e. The van der Waals surface area contributed by atoms with Gasteiger partial charge >= 0.3 is 0 Å². The Bertz CT molecular complexity index is 812. The molecule has 31 heavy (non-hydrogen) atoms. The Hall–Kier alpha value is -1.34. The Labute approximate surface area is 188 Å². The summed E-state index contributed by atoms with van der Waals surface area (Å²) in [5, 5.41) is 13.8. The highest BCUT2D eigenvalue weighted by Crippen LogP contribution is 2.65. The third-order valence-corrected chi connectivity index (χ3v) is 10.5. The SMILES string of the molecule is COC[C@H]1CC[C@@H]2C3CC[C@@]4(C)C(CCC4[C@@H](C)Cn4nccc4C#N)[C@@H]3CC[C@@H]2C1. The molecular formula is C27H41N3O. The monoisotopic (exact) mass is 423 g/mol. The molecule has 5 rings (SSSR count). The average Bonchev–Trinajstić information content (AvgIpc) is 3.36. The van der Waals surface area contributed by atoms with Gasteiger partial charge in [-0.25, -0.2) is 0 Å². The zero-order chi connectivity index (χ0) is 21.6. The summed E-state index contributed by atoms with van der Waals surface area (Å²) in [6.07, 6.45) is 14.7. The normalized spacial score (nSPS) is 42.8. The predicted octanol–water partition coefficient (Wildman–Crippen LogP) is 5.92. The van der Waals surface area contributed by atoms with Crippen molar-refractivity contribution in [2.45, 2.75) is 78.2 Å². The standard InChI is InChI=1S/C27H41N3O/c1-18(16-30-21(15-28)11-13-29-30)25-8-9-26-24-7-5-20-14-19(17-31-3)4-6-22(20)23(24)10-12-27(25,26)2/h11,13,18-20,22-26H,4-10,12,14,16-17H2,1-3H3/t18-,19-,20+,22-,23?,24+,25?,26?,27+/m0/s1. The number of rotatable bonds is 5. The van der Waals surface area contributed by atoms with Crippen molar-refractivity contribution in [2.24, 2.45) is 52.8 Å². The molecule has 4 heteroatoms. The molecule has 1 aromatic rings. The minimum absolute atomic E-state index is 0.487. The van der Waals surface area contributed by atoms with Crippen molar-refractivity contribution in [3.8, 4) is 6.07 Å². The van der Waals surface area contributed by atoms with Crippen LogP contribution in [0.25, 0.3) is 0 Å². The third kappa shape index (κ3) is 3.65. The summed E-state index contributed by atoms with van der Waals surface area (Å²) in [7, 11) is 1.87. The van der Waals surface area contributed by atoms with Crippen LogP contribution in [-0.2, 0) is 11.3 Å². The van der Waals surface area contributed by atoms with Gasteiger partial charge in [-0.2, -0.15) is 10.4 Å². The average molecular weight is 424 g/mol. The summed E-state index contributed by atoms with van der Waals surface area (Å²) >= 11 is 0. The topological polar surface area (TPSA) is 50.8 Å². The molecule has 1 heterocycles. The van der Waals surface area contributed by atoms with E-state index in [1.165, 1.54) is 57.8 Å². The van der Waals surface area contributed by atoms with E-state index in [9.17, 15) is 5.26 Å². The lowest BCUT2D eigenvalue weighted by Gasteiger charge is -2.57. The smallest absolute Gasteiger partial charge is 0.138 e. The molecule has 170 valence electrons. The summed E-state index contributed by atoms with van der Waals surface area (Å²) < 4.78 is 7.44. The number of fused-ring (bicyclic) bond motifs is 5. The van der Waals surface area contributed by atoms with Crippen molar-refractivity contribution in [2.75, 3.05) is 13.7 Å². The van der Waals surface area contributed by atoms with E-state index < -0.39 is 0 Å². The molecule has 9 atom stereocenters. The molecule has 0 aromatic carbocycles.